The third-order valence-electron chi connectivity index (χ3n) is 4.40. The smallest absolute Gasteiger partial charge is 0.279 e. The molecule has 1 atom stereocenters. The maximum Gasteiger partial charge on any atom is 0.279 e. The summed E-state index contributed by atoms with van der Waals surface area (Å²) in [6.45, 7) is 3.40. The first-order chi connectivity index (χ1) is 13.5. The highest BCUT2D eigenvalue weighted by Crippen LogP contribution is 2.22. The number of halogens is 1. The van der Waals surface area contributed by atoms with Gasteiger partial charge in [0.25, 0.3) is 11.5 Å². The molecule has 0 fully saturated rings. The van der Waals surface area contributed by atoms with Crippen LogP contribution in [0.4, 0.5) is 5.69 Å². The number of methoxy groups -OCH3 is 1. The van der Waals surface area contributed by atoms with Crippen LogP contribution in [0.2, 0.25) is 5.02 Å². The molecule has 3 aromatic rings. The van der Waals surface area contributed by atoms with Gasteiger partial charge in [-0.1, -0.05) is 23.7 Å². The molecule has 0 aliphatic carbocycles. The van der Waals surface area contributed by atoms with Gasteiger partial charge in [0.15, 0.2) is 6.54 Å². The lowest BCUT2D eigenvalue weighted by Gasteiger charge is -2.17. The third-order valence-corrected chi connectivity index (χ3v) is 4.62. The molecule has 2 aromatic heterocycles. The van der Waals surface area contributed by atoms with Gasteiger partial charge in [0.1, 0.15) is 23.6 Å². The first kappa shape index (κ1) is 19.9. The summed E-state index contributed by atoms with van der Waals surface area (Å²) < 4.78 is 6.67. The van der Waals surface area contributed by atoms with Crippen LogP contribution in [0.3, 0.4) is 0 Å². The molecule has 8 heteroatoms. The molecule has 1 aromatic carbocycles. The monoisotopic (exact) mass is 401 g/mol. The van der Waals surface area contributed by atoms with Gasteiger partial charge in [0, 0.05) is 12.3 Å². The first-order valence-electron chi connectivity index (χ1n) is 8.94. The van der Waals surface area contributed by atoms with Gasteiger partial charge in [-0.05, 0) is 31.2 Å². The zero-order chi connectivity index (χ0) is 20.1. The van der Waals surface area contributed by atoms with E-state index in [1.54, 1.807) is 37.6 Å². The molecule has 0 spiro atoms. The molecule has 0 aliphatic rings. The van der Waals surface area contributed by atoms with Gasteiger partial charge in [-0.3, -0.25) is 14.0 Å². The molecule has 1 unspecified atom stereocenters. The van der Waals surface area contributed by atoms with Crippen molar-refractivity contribution in [2.75, 3.05) is 25.5 Å². The maximum absolute atomic E-state index is 12.5. The summed E-state index contributed by atoms with van der Waals surface area (Å²) in [4.78, 5) is 30.3. The van der Waals surface area contributed by atoms with Gasteiger partial charge in [0.05, 0.1) is 24.4 Å². The largest absolute Gasteiger partial charge is 0.495 e. The summed E-state index contributed by atoms with van der Waals surface area (Å²) >= 11 is 5.94. The van der Waals surface area contributed by atoms with Crippen LogP contribution >= 0.6 is 11.6 Å². The number of pyridine rings is 1. The number of benzene rings is 1. The van der Waals surface area contributed by atoms with Crippen LogP contribution in [-0.2, 0) is 11.3 Å². The van der Waals surface area contributed by atoms with Crippen LogP contribution in [-0.4, -0.2) is 35.5 Å². The lowest BCUT2D eigenvalue weighted by Crippen LogP contribution is -3.11. The number of nitrogens with zero attached hydrogens (tertiary/aromatic N) is 2. The van der Waals surface area contributed by atoms with Gasteiger partial charge in [-0.15, -0.1) is 0 Å². The van der Waals surface area contributed by atoms with Crippen molar-refractivity contribution in [1.82, 2.24) is 9.38 Å². The normalized spacial score (nSPS) is 12.0. The molecule has 0 aliphatic heterocycles. The predicted octanol–water partition coefficient (Wildman–Crippen LogP) is 1.40. The summed E-state index contributed by atoms with van der Waals surface area (Å²) in [6.07, 6.45) is 1.54. The van der Waals surface area contributed by atoms with Crippen molar-refractivity contribution >= 4 is 28.8 Å². The number of fused-ring (bicyclic) bond motifs is 1. The Morgan fingerprint density at radius 1 is 1.29 bits per heavy atom. The zero-order valence-corrected chi connectivity index (χ0v) is 16.5. The second kappa shape index (κ2) is 8.86. The minimum absolute atomic E-state index is 0.134. The van der Waals surface area contributed by atoms with Gasteiger partial charge in [-0.25, -0.2) is 4.98 Å². The lowest BCUT2D eigenvalue weighted by molar-refractivity contribution is -0.904. The van der Waals surface area contributed by atoms with Crippen molar-refractivity contribution in [3.8, 4) is 5.75 Å². The molecule has 0 bridgehead atoms. The van der Waals surface area contributed by atoms with Gasteiger partial charge in [-0.2, -0.15) is 0 Å². The van der Waals surface area contributed by atoms with Gasteiger partial charge in [0.2, 0.25) is 0 Å². The molecule has 2 heterocycles. The molecule has 0 radical (unpaired) electrons. The van der Waals surface area contributed by atoms with Crippen molar-refractivity contribution in [2.24, 2.45) is 0 Å². The number of aromatic nitrogens is 2. The molecule has 1 amide bonds. The summed E-state index contributed by atoms with van der Waals surface area (Å²) in [6, 6.07) is 12.1. The second-order valence-electron chi connectivity index (χ2n) is 6.37. The molecular formula is C20H22ClN4O3+. The zero-order valence-electron chi connectivity index (χ0n) is 15.7. The number of carbonyl (C=O) groups excluding carboxylic acids is 1. The Morgan fingerprint density at radius 3 is 2.82 bits per heavy atom. The number of quaternary nitrogens is 1. The maximum atomic E-state index is 12.5. The van der Waals surface area contributed by atoms with E-state index in [9.17, 15) is 9.59 Å². The fourth-order valence-electron chi connectivity index (χ4n) is 2.95. The summed E-state index contributed by atoms with van der Waals surface area (Å²) in [5.41, 5.74) is 1.59. The van der Waals surface area contributed by atoms with Crippen LogP contribution in [0.5, 0.6) is 5.75 Å². The predicted molar refractivity (Wildman–Crippen MR) is 108 cm³/mol. The minimum atomic E-state index is -0.198. The van der Waals surface area contributed by atoms with E-state index in [0.717, 1.165) is 4.90 Å². The fourth-order valence-corrected chi connectivity index (χ4v) is 3.12. The Hall–Kier alpha value is -2.90. The second-order valence-corrected chi connectivity index (χ2v) is 6.80. The summed E-state index contributed by atoms with van der Waals surface area (Å²) in [5.74, 6) is 0.474. The highest BCUT2D eigenvalue weighted by Gasteiger charge is 2.16. The molecule has 146 valence electrons. The quantitative estimate of drug-likeness (QED) is 0.627. The number of carbonyl (C=O) groups is 1. The number of amides is 1. The van der Waals surface area contributed by atoms with E-state index in [4.69, 9.17) is 16.3 Å². The Balaban J connectivity index is 1.72. The topological polar surface area (TPSA) is 77.1 Å². The van der Waals surface area contributed by atoms with Crippen LogP contribution in [0, 0.1) is 0 Å². The van der Waals surface area contributed by atoms with Crippen molar-refractivity contribution < 1.29 is 14.4 Å². The van der Waals surface area contributed by atoms with E-state index >= 15 is 0 Å². The van der Waals surface area contributed by atoms with Crippen LogP contribution < -0.4 is 20.5 Å². The van der Waals surface area contributed by atoms with Gasteiger partial charge < -0.3 is 15.0 Å². The molecule has 2 N–H and O–H groups in total. The van der Waals surface area contributed by atoms with Crippen molar-refractivity contribution in [2.45, 2.75) is 13.5 Å². The number of hydrogen-bond donors (Lipinski definition) is 2. The van der Waals surface area contributed by atoms with Crippen molar-refractivity contribution in [3.63, 3.8) is 0 Å². The SMILES string of the molecule is CC[NH+](CC(=O)Nc1ccccc1OC)Cc1cc(=O)n2cc(Cl)ccc2n1. The van der Waals surface area contributed by atoms with E-state index in [1.807, 2.05) is 19.1 Å². The number of likely N-dealkylation sites (N-methyl/N-ethyl adjacent to an activating group) is 1. The average Bonchev–Trinajstić information content (AvgIpc) is 2.68. The summed E-state index contributed by atoms with van der Waals surface area (Å²) in [7, 11) is 1.56. The average molecular weight is 402 g/mol. The Bertz CT molecular complexity index is 1050. The molecule has 7 nitrogen and oxygen atoms in total. The standard InChI is InChI=1S/C20H21ClN4O3/c1-3-24(13-19(26)23-16-6-4-5-7-17(16)28-2)12-15-10-20(27)25-11-14(21)8-9-18(25)22-15/h4-11H,3,12-13H2,1-2H3,(H,23,26)/p+1. The number of nitrogens with one attached hydrogen (secondary N) is 2. The lowest BCUT2D eigenvalue weighted by atomic mass is 10.3. The summed E-state index contributed by atoms with van der Waals surface area (Å²) in [5, 5.41) is 3.34. The molecule has 0 saturated carbocycles. The van der Waals surface area contributed by atoms with E-state index in [0.29, 0.717) is 40.9 Å². The first-order valence-corrected chi connectivity index (χ1v) is 9.32. The highest BCUT2D eigenvalue weighted by molar-refractivity contribution is 6.30. The Labute approximate surface area is 167 Å². The molecule has 28 heavy (non-hydrogen) atoms. The molecule has 3 rings (SSSR count). The number of hydrogen-bond acceptors (Lipinski definition) is 4. The number of ether oxygens (including phenoxy) is 1. The number of para-hydroxylation sites is 2. The van der Waals surface area contributed by atoms with Crippen molar-refractivity contribution in [3.05, 3.63) is 69.7 Å². The van der Waals surface area contributed by atoms with E-state index in [-0.39, 0.29) is 18.0 Å². The van der Waals surface area contributed by atoms with Crippen LogP contribution in [0.1, 0.15) is 12.6 Å². The van der Waals surface area contributed by atoms with E-state index in [2.05, 4.69) is 10.3 Å². The molecular weight excluding hydrogens is 380 g/mol. The Kier molecular flexibility index (Phi) is 6.28. The van der Waals surface area contributed by atoms with Crippen LogP contribution in [0.25, 0.3) is 5.65 Å². The molecule has 0 saturated heterocycles. The minimum Gasteiger partial charge on any atom is -0.495 e. The van der Waals surface area contributed by atoms with Gasteiger partial charge >= 0.3 is 0 Å². The highest BCUT2D eigenvalue weighted by atomic mass is 35.5. The number of anilines is 1. The van der Waals surface area contributed by atoms with Crippen LogP contribution in [0.15, 0.2) is 53.5 Å². The van der Waals surface area contributed by atoms with Crippen molar-refractivity contribution in [1.29, 1.82) is 0 Å². The van der Waals surface area contributed by atoms with E-state index < -0.39 is 0 Å². The Morgan fingerprint density at radius 2 is 2.07 bits per heavy atom. The van der Waals surface area contributed by atoms with E-state index in [1.165, 1.54) is 10.5 Å². The fraction of sp³-hybridized carbons (Fsp3) is 0.250. The number of rotatable bonds is 7. The third kappa shape index (κ3) is 4.68.